The van der Waals surface area contributed by atoms with Crippen molar-refractivity contribution < 1.29 is 9.53 Å². The molecule has 1 aliphatic rings. The van der Waals surface area contributed by atoms with Crippen molar-refractivity contribution in [1.82, 2.24) is 14.9 Å². The Balaban J connectivity index is 1.86. The van der Waals surface area contributed by atoms with Crippen LogP contribution in [0.3, 0.4) is 0 Å². The lowest BCUT2D eigenvalue weighted by Crippen LogP contribution is -2.62. The average molecular weight is 297 g/mol. The van der Waals surface area contributed by atoms with Gasteiger partial charge >= 0.3 is 0 Å². The van der Waals surface area contributed by atoms with Gasteiger partial charge in [-0.05, 0) is 31.3 Å². The van der Waals surface area contributed by atoms with Gasteiger partial charge in [0.25, 0.3) is 5.91 Å². The summed E-state index contributed by atoms with van der Waals surface area (Å²) in [7, 11) is 0. The van der Waals surface area contributed by atoms with Crippen LogP contribution in [0.5, 0.6) is 0 Å². The molecular weight excluding hydrogens is 274 g/mol. The quantitative estimate of drug-likeness (QED) is 0.820. The number of hydrogen-bond donors (Lipinski definition) is 1. The molecule has 1 fully saturated rings. The molecule has 20 heavy (non-hydrogen) atoms. The largest absolute Gasteiger partial charge is 0.378 e. The molecule has 1 N–H and O–H groups in total. The maximum Gasteiger partial charge on any atom is 0.265 e. The minimum atomic E-state index is -0.0671. The molecule has 2 atom stereocenters. The van der Waals surface area contributed by atoms with E-state index in [1.54, 1.807) is 6.92 Å². The van der Waals surface area contributed by atoms with E-state index in [1.807, 2.05) is 0 Å². The number of ether oxygens (including phenoxy) is 1. The summed E-state index contributed by atoms with van der Waals surface area (Å²) in [6.45, 7) is 9.07. The molecule has 2 unspecified atom stereocenters. The lowest BCUT2D eigenvalue weighted by atomic mass is 9.64. The van der Waals surface area contributed by atoms with Gasteiger partial charge in [0, 0.05) is 18.1 Å². The first-order valence-corrected chi connectivity index (χ1v) is 7.95. The highest BCUT2D eigenvalue weighted by Crippen LogP contribution is 2.43. The van der Waals surface area contributed by atoms with E-state index in [1.165, 1.54) is 0 Å². The molecule has 6 heteroatoms. The van der Waals surface area contributed by atoms with E-state index in [4.69, 9.17) is 4.74 Å². The van der Waals surface area contributed by atoms with Gasteiger partial charge in [0.05, 0.1) is 11.8 Å². The fraction of sp³-hybridized carbons (Fsp3) is 0.786. The molecule has 112 valence electrons. The van der Waals surface area contributed by atoms with Crippen LogP contribution in [0, 0.1) is 12.3 Å². The Labute approximate surface area is 124 Å². The molecule has 5 nitrogen and oxygen atoms in total. The number of hydrogen-bond acceptors (Lipinski definition) is 5. The molecule has 0 spiro atoms. The number of carbonyl (C=O) groups excluding carboxylic acids is 1. The highest BCUT2D eigenvalue weighted by atomic mass is 32.1. The van der Waals surface area contributed by atoms with Gasteiger partial charge in [-0.25, -0.2) is 0 Å². The summed E-state index contributed by atoms with van der Waals surface area (Å²) in [5, 5.41) is 6.95. The minimum absolute atomic E-state index is 0.0184. The van der Waals surface area contributed by atoms with Crippen LogP contribution in [0.2, 0.25) is 0 Å². The molecule has 2 rings (SSSR count). The molecule has 1 amide bonds. The van der Waals surface area contributed by atoms with Crippen molar-refractivity contribution in [2.75, 3.05) is 6.61 Å². The molecule has 0 aliphatic heterocycles. The molecular formula is C14H23N3O2S. The molecule has 0 aromatic carbocycles. The molecule has 0 radical (unpaired) electrons. The average Bonchev–Trinajstić information content (AvgIpc) is 2.83. The summed E-state index contributed by atoms with van der Waals surface area (Å²) in [5.41, 5.74) is 0.676. The smallest absolute Gasteiger partial charge is 0.265 e. The standard InChI is InChI=1S/C14H23N3O2S/c1-5-6-7-19-11-8-10(14(11,3)4)15-13(18)12-9(2)16-17-20-12/h10-11H,5-8H2,1-4H3,(H,15,18). The summed E-state index contributed by atoms with van der Waals surface area (Å²) in [5.74, 6) is -0.0671. The van der Waals surface area contributed by atoms with Crippen LogP contribution in [0.1, 0.15) is 55.4 Å². The van der Waals surface area contributed by atoms with Crippen LogP contribution in [0.4, 0.5) is 0 Å². The van der Waals surface area contributed by atoms with Crippen molar-refractivity contribution in [3.05, 3.63) is 10.6 Å². The van der Waals surface area contributed by atoms with Crippen molar-refractivity contribution in [2.24, 2.45) is 5.41 Å². The van der Waals surface area contributed by atoms with Crippen LogP contribution in [0.25, 0.3) is 0 Å². The number of aryl methyl sites for hydroxylation is 1. The van der Waals surface area contributed by atoms with Gasteiger partial charge in [-0.3, -0.25) is 4.79 Å². The van der Waals surface area contributed by atoms with Crippen molar-refractivity contribution in [2.45, 2.75) is 59.1 Å². The zero-order valence-electron chi connectivity index (χ0n) is 12.6. The van der Waals surface area contributed by atoms with Crippen molar-refractivity contribution in [3.8, 4) is 0 Å². The summed E-state index contributed by atoms with van der Waals surface area (Å²) in [4.78, 5) is 12.8. The Bertz CT molecular complexity index is 473. The number of carbonyl (C=O) groups is 1. The van der Waals surface area contributed by atoms with E-state index >= 15 is 0 Å². The highest BCUT2D eigenvalue weighted by molar-refractivity contribution is 7.08. The highest BCUT2D eigenvalue weighted by Gasteiger charge is 2.49. The van der Waals surface area contributed by atoms with Gasteiger partial charge in [-0.15, -0.1) is 5.10 Å². The van der Waals surface area contributed by atoms with Crippen molar-refractivity contribution >= 4 is 17.4 Å². The fourth-order valence-corrected chi connectivity index (χ4v) is 3.01. The van der Waals surface area contributed by atoms with E-state index in [9.17, 15) is 4.79 Å². The predicted molar refractivity (Wildman–Crippen MR) is 78.9 cm³/mol. The second kappa shape index (κ2) is 6.18. The van der Waals surface area contributed by atoms with E-state index < -0.39 is 0 Å². The molecule has 0 bridgehead atoms. The first-order valence-electron chi connectivity index (χ1n) is 7.18. The van der Waals surface area contributed by atoms with Gasteiger partial charge in [0.2, 0.25) is 0 Å². The number of aromatic nitrogens is 2. The van der Waals surface area contributed by atoms with Crippen LogP contribution in [0.15, 0.2) is 0 Å². The Kier molecular flexibility index (Phi) is 4.75. The Morgan fingerprint density at radius 1 is 1.55 bits per heavy atom. The predicted octanol–water partition coefficient (Wildman–Crippen LogP) is 2.56. The zero-order chi connectivity index (χ0) is 14.8. The van der Waals surface area contributed by atoms with Crippen LogP contribution >= 0.6 is 11.5 Å². The maximum absolute atomic E-state index is 12.2. The second-order valence-corrected chi connectivity index (χ2v) is 6.74. The third-order valence-corrected chi connectivity index (χ3v) is 4.98. The summed E-state index contributed by atoms with van der Waals surface area (Å²) < 4.78 is 9.69. The topological polar surface area (TPSA) is 64.1 Å². The lowest BCUT2D eigenvalue weighted by molar-refractivity contribution is -0.115. The Morgan fingerprint density at radius 2 is 2.30 bits per heavy atom. The third kappa shape index (κ3) is 3.01. The van der Waals surface area contributed by atoms with Gasteiger partial charge in [-0.1, -0.05) is 31.7 Å². The molecule has 0 saturated heterocycles. The monoisotopic (exact) mass is 297 g/mol. The summed E-state index contributed by atoms with van der Waals surface area (Å²) >= 11 is 1.15. The molecule has 1 aliphatic carbocycles. The number of rotatable bonds is 6. The normalized spacial score (nSPS) is 24.2. The molecule has 1 heterocycles. The zero-order valence-corrected chi connectivity index (χ0v) is 13.4. The van der Waals surface area contributed by atoms with Crippen LogP contribution in [-0.2, 0) is 4.74 Å². The summed E-state index contributed by atoms with van der Waals surface area (Å²) in [6, 6.07) is 0.156. The van der Waals surface area contributed by atoms with Crippen LogP contribution in [-0.4, -0.2) is 34.2 Å². The van der Waals surface area contributed by atoms with E-state index in [-0.39, 0.29) is 23.5 Å². The van der Waals surface area contributed by atoms with Gasteiger partial charge in [-0.2, -0.15) is 0 Å². The molecule has 1 aromatic rings. The van der Waals surface area contributed by atoms with Crippen LogP contribution < -0.4 is 5.32 Å². The third-order valence-electron chi connectivity index (χ3n) is 4.16. The lowest BCUT2D eigenvalue weighted by Gasteiger charge is -2.51. The van der Waals surface area contributed by atoms with Gasteiger partial charge in [0.15, 0.2) is 0 Å². The first-order chi connectivity index (χ1) is 9.46. The Hall–Kier alpha value is -1.01. The Morgan fingerprint density at radius 3 is 2.85 bits per heavy atom. The molecule has 1 saturated carbocycles. The fourth-order valence-electron chi connectivity index (χ4n) is 2.45. The second-order valence-electron chi connectivity index (χ2n) is 5.98. The number of nitrogens with zero attached hydrogens (tertiary/aromatic N) is 2. The van der Waals surface area contributed by atoms with E-state index in [0.29, 0.717) is 10.6 Å². The number of amides is 1. The van der Waals surface area contributed by atoms with Gasteiger partial charge < -0.3 is 10.1 Å². The maximum atomic E-state index is 12.2. The van der Waals surface area contributed by atoms with Gasteiger partial charge in [0.1, 0.15) is 4.88 Å². The van der Waals surface area contributed by atoms with E-state index in [2.05, 4.69) is 35.7 Å². The summed E-state index contributed by atoms with van der Waals surface area (Å²) in [6.07, 6.45) is 3.36. The number of nitrogens with one attached hydrogen (secondary N) is 1. The minimum Gasteiger partial charge on any atom is -0.378 e. The SMILES string of the molecule is CCCCOC1CC(NC(=O)c2snnc2C)C1(C)C. The van der Waals surface area contributed by atoms with E-state index in [0.717, 1.165) is 37.4 Å². The van der Waals surface area contributed by atoms with Crippen molar-refractivity contribution in [1.29, 1.82) is 0 Å². The molecule has 1 aromatic heterocycles. The first kappa shape index (κ1) is 15.4. The number of unbranched alkanes of at least 4 members (excludes halogenated alkanes) is 1. The van der Waals surface area contributed by atoms with Crippen molar-refractivity contribution in [3.63, 3.8) is 0 Å².